The molecule has 2 N–H and O–H groups in total. The van der Waals surface area contributed by atoms with Crippen LogP contribution in [-0.2, 0) is 4.79 Å². The van der Waals surface area contributed by atoms with Gasteiger partial charge >= 0.3 is 0 Å². The molecule has 0 saturated heterocycles. The van der Waals surface area contributed by atoms with E-state index >= 15 is 0 Å². The summed E-state index contributed by atoms with van der Waals surface area (Å²) in [6.07, 6.45) is 7.27. The summed E-state index contributed by atoms with van der Waals surface area (Å²) in [6, 6.07) is -0.173. The Bertz CT molecular complexity index is 233. The molecule has 0 heterocycles. The van der Waals surface area contributed by atoms with E-state index in [0.717, 1.165) is 25.9 Å². The standard InChI is InChI=1S/C12H23N3O/c1-5-8-14-12(16)11(2)13-9-6-7-10-15(3)4/h1,11,13H,6-10H2,2-4H3,(H,14,16). The number of amides is 1. The van der Waals surface area contributed by atoms with E-state index in [9.17, 15) is 4.79 Å². The first-order valence-corrected chi connectivity index (χ1v) is 5.67. The zero-order chi connectivity index (χ0) is 12.4. The molecule has 92 valence electrons. The van der Waals surface area contributed by atoms with E-state index in [1.165, 1.54) is 0 Å². The quantitative estimate of drug-likeness (QED) is 0.453. The van der Waals surface area contributed by atoms with Crippen molar-refractivity contribution in [3.8, 4) is 12.3 Å². The van der Waals surface area contributed by atoms with Crippen LogP contribution in [0, 0.1) is 12.3 Å². The predicted molar refractivity (Wildman–Crippen MR) is 67.1 cm³/mol. The number of carbonyl (C=O) groups is 1. The summed E-state index contributed by atoms with van der Waals surface area (Å²) in [5.74, 6) is 2.34. The third-order valence-corrected chi connectivity index (χ3v) is 2.24. The Hall–Kier alpha value is -1.05. The summed E-state index contributed by atoms with van der Waals surface area (Å²) >= 11 is 0. The lowest BCUT2D eigenvalue weighted by Crippen LogP contribution is -2.42. The van der Waals surface area contributed by atoms with E-state index in [4.69, 9.17) is 6.42 Å². The molecule has 0 aliphatic heterocycles. The number of carbonyl (C=O) groups excluding carboxylic acids is 1. The van der Waals surface area contributed by atoms with E-state index in [-0.39, 0.29) is 11.9 Å². The molecule has 0 bridgehead atoms. The van der Waals surface area contributed by atoms with Crippen molar-refractivity contribution in [1.82, 2.24) is 15.5 Å². The van der Waals surface area contributed by atoms with Crippen molar-refractivity contribution in [3.63, 3.8) is 0 Å². The topological polar surface area (TPSA) is 44.4 Å². The first kappa shape index (κ1) is 14.9. The van der Waals surface area contributed by atoms with E-state index in [2.05, 4.69) is 35.5 Å². The first-order chi connectivity index (χ1) is 7.57. The maximum absolute atomic E-state index is 11.4. The van der Waals surface area contributed by atoms with E-state index in [1.54, 1.807) is 0 Å². The molecule has 0 rings (SSSR count). The minimum absolute atomic E-state index is 0.0365. The third-order valence-electron chi connectivity index (χ3n) is 2.24. The van der Waals surface area contributed by atoms with Gasteiger partial charge in [-0.15, -0.1) is 6.42 Å². The van der Waals surface area contributed by atoms with Crippen molar-refractivity contribution in [2.24, 2.45) is 0 Å². The Morgan fingerprint density at radius 3 is 2.69 bits per heavy atom. The summed E-state index contributed by atoms with van der Waals surface area (Å²) in [5, 5.41) is 5.81. The summed E-state index contributed by atoms with van der Waals surface area (Å²) in [7, 11) is 4.12. The minimum atomic E-state index is -0.173. The van der Waals surface area contributed by atoms with Crippen molar-refractivity contribution in [2.75, 3.05) is 33.7 Å². The highest BCUT2D eigenvalue weighted by Crippen LogP contribution is 1.90. The molecule has 0 aromatic rings. The Labute approximate surface area is 98.8 Å². The highest BCUT2D eigenvalue weighted by molar-refractivity contribution is 5.81. The number of rotatable bonds is 8. The van der Waals surface area contributed by atoms with Gasteiger partial charge in [-0.05, 0) is 47.0 Å². The van der Waals surface area contributed by atoms with Crippen LogP contribution in [0.15, 0.2) is 0 Å². The van der Waals surface area contributed by atoms with Crippen molar-refractivity contribution in [1.29, 1.82) is 0 Å². The van der Waals surface area contributed by atoms with E-state index < -0.39 is 0 Å². The van der Waals surface area contributed by atoms with Crippen LogP contribution in [0.1, 0.15) is 19.8 Å². The van der Waals surface area contributed by atoms with Gasteiger partial charge in [0.25, 0.3) is 0 Å². The summed E-state index contributed by atoms with van der Waals surface area (Å²) in [4.78, 5) is 13.6. The van der Waals surface area contributed by atoms with Crippen LogP contribution in [0.5, 0.6) is 0 Å². The van der Waals surface area contributed by atoms with Crippen molar-refractivity contribution >= 4 is 5.91 Å². The van der Waals surface area contributed by atoms with Crippen molar-refractivity contribution in [3.05, 3.63) is 0 Å². The lowest BCUT2D eigenvalue weighted by molar-refractivity contribution is -0.122. The zero-order valence-electron chi connectivity index (χ0n) is 10.5. The van der Waals surface area contributed by atoms with Crippen molar-refractivity contribution < 1.29 is 4.79 Å². The molecular weight excluding hydrogens is 202 g/mol. The second-order valence-electron chi connectivity index (χ2n) is 4.11. The molecule has 4 heteroatoms. The van der Waals surface area contributed by atoms with Gasteiger partial charge in [0.1, 0.15) is 0 Å². The second kappa shape index (κ2) is 9.20. The Morgan fingerprint density at radius 2 is 2.12 bits per heavy atom. The van der Waals surface area contributed by atoms with Gasteiger partial charge < -0.3 is 15.5 Å². The monoisotopic (exact) mass is 225 g/mol. The van der Waals surface area contributed by atoms with Crippen LogP contribution in [0.4, 0.5) is 0 Å². The fourth-order valence-electron chi connectivity index (χ4n) is 1.26. The Kier molecular flexibility index (Phi) is 8.59. The average molecular weight is 225 g/mol. The number of nitrogens with zero attached hydrogens (tertiary/aromatic N) is 1. The van der Waals surface area contributed by atoms with Gasteiger partial charge in [-0.25, -0.2) is 0 Å². The highest BCUT2D eigenvalue weighted by atomic mass is 16.2. The van der Waals surface area contributed by atoms with Gasteiger partial charge in [0.05, 0.1) is 12.6 Å². The molecule has 1 amide bonds. The molecule has 16 heavy (non-hydrogen) atoms. The zero-order valence-corrected chi connectivity index (χ0v) is 10.5. The number of hydrogen-bond donors (Lipinski definition) is 2. The molecule has 0 radical (unpaired) electrons. The van der Waals surface area contributed by atoms with Gasteiger partial charge in [-0.2, -0.15) is 0 Å². The number of unbranched alkanes of at least 4 members (excludes halogenated alkanes) is 1. The average Bonchev–Trinajstić information content (AvgIpc) is 2.24. The number of hydrogen-bond acceptors (Lipinski definition) is 3. The lowest BCUT2D eigenvalue weighted by Gasteiger charge is -2.13. The fourth-order valence-corrected chi connectivity index (χ4v) is 1.26. The molecule has 0 aliphatic carbocycles. The summed E-state index contributed by atoms with van der Waals surface area (Å²) in [5.41, 5.74) is 0. The molecule has 1 unspecified atom stereocenters. The Balaban J connectivity index is 3.46. The maximum atomic E-state index is 11.4. The van der Waals surface area contributed by atoms with E-state index in [1.807, 2.05) is 6.92 Å². The molecular formula is C12H23N3O. The molecule has 0 spiro atoms. The minimum Gasteiger partial charge on any atom is -0.344 e. The van der Waals surface area contributed by atoms with Crippen molar-refractivity contribution in [2.45, 2.75) is 25.8 Å². The fraction of sp³-hybridized carbons (Fsp3) is 0.750. The SMILES string of the molecule is C#CCNC(=O)C(C)NCCCCN(C)C. The van der Waals surface area contributed by atoms with Crippen LogP contribution < -0.4 is 10.6 Å². The van der Waals surface area contributed by atoms with E-state index in [0.29, 0.717) is 6.54 Å². The molecule has 0 aromatic heterocycles. The smallest absolute Gasteiger partial charge is 0.237 e. The lowest BCUT2D eigenvalue weighted by atomic mass is 10.2. The molecule has 4 nitrogen and oxygen atoms in total. The van der Waals surface area contributed by atoms with Crippen LogP contribution in [0.2, 0.25) is 0 Å². The van der Waals surface area contributed by atoms with Crippen LogP contribution >= 0.6 is 0 Å². The molecule has 0 aliphatic rings. The second-order valence-corrected chi connectivity index (χ2v) is 4.11. The van der Waals surface area contributed by atoms with Gasteiger partial charge in [0.2, 0.25) is 5.91 Å². The summed E-state index contributed by atoms with van der Waals surface area (Å²) < 4.78 is 0. The third kappa shape index (κ3) is 8.27. The number of terminal acetylenes is 1. The maximum Gasteiger partial charge on any atom is 0.237 e. The van der Waals surface area contributed by atoms with Gasteiger partial charge in [-0.1, -0.05) is 5.92 Å². The van der Waals surface area contributed by atoms with Crippen LogP contribution in [0.3, 0.4) is 0 Å². The van der Waals surface area contributed by atoms with Gasteiger partial charge in [-0.3, -0.25) is 4.79 Å². The van der Waals surface area contributed by atoms with Crippen LogP contribution in [-0.4, -0.2) is 50.6 Å². The number of nitrogens with one attached hydrogen (secondary N) is 2. The first-order valence-electron chi connectivity index (χ1n) is 5.67. The largest absolute Gasteiger partial charge is 0.344 e. The molecule has 0 saturated carbocycles. The normalized spacial score (nSPS) is 12.2. The molecule has 0 fully saturated rings. The van der Waals surface area contributed by atoms with Gasteiger partial charge in [0.15, 0.2) is 0 Å². The molecule has 0 aromatic carbocycles. The Morgan fingerprint density at radius 1 is 1.44 bits per heavy atom. The highest BCUT2D eigenvalue weighted by Gasteiger charge is 2.09. The summed E-state index contributed by atoms with van der Waals surface area (Å²) in [6.45, 7) is 4.08. The van der Waals surface area contributed by atoms with Crippen LogP contribution in [0.25, 0.3) is 0 Å². The molecule has 1 atom stereocenters. The predicted octanol–water partition coefficient (Wildman–Crippen LogP) is 0.0557. The van der Waals surface area contributed by atoms with Gasteiger partial charge in [0, 0.05) is 0 Å².